The number of nitrogens with zero attached hydrogens (tertiary/aromatic N) is 4. The molecule has 3 heterocycles. The van der Waals surface area contributed by atoms with Gasteiger partial charge in [-0.2, -0.15) is 18.3 Å². The Labute approximate surface area is 171 Å². The molecule has 1 aliphatic rings. The van der Waals surface area contributed by atoms with Gasteiger partial charge < -0.3 is 9.64 Å². The van der Waals surface area contributed by atoms with Gasteiger partial charge in [-0.3, -0.25) is 4.79 Å². The molecule has 2 aromatic rings. The van der Waals surface area contributed by atoms with Gasteiger partial charge in [0.05, 0.1) is 23.2 Å². The molecule has 0 aromatic carbocycles. The minimum Gasteiger partial charge on any atom is -0.379 e. The predicted octanol–water partition coefficient (Wildman–Crippen LogP) is 4.75. The van der Waals surface area contributed by atoms with Crippen LogP contribution in [0.3, 0.4) is 0 Å². The SMILES string of the molecule is CC.CC1(C(F)(F)F)CN(C=O)c2cnc3cc(Br)nn3c21.COC(C)(C)C. The second-order valence-corrected chi connectivity index (χ2v) is 7.92. The van der Waals surface area contributed by atoms with E-state index >= 15 is 0 Å². The standard InChI is InChI=1S/C11H8BrF3N4O.C5H12O.C2H6/c1-10(11(13,14)15)4-18(5-20)6-3-16-8-2-7(12)17-19(8)9(6)10;1-5(2,3)6-4;1-2/h2-3,5H,4H2,1H3;1-4H3;1-2H3. The van der Waals surface area contributed by atoms with Crippen molar-refractivity contribution < 1.29 is 22.7 Å². The van der Waals surface area contributed by atoms with Crippen LogP contribution in [0.1, 0.15) is 47.2 Å². The van der Waals surface area contributed by atoms with Crippen LogP contribution in [0, 0.1) is 0 Å². The molecule has 0 saturated carbocycles. The first kappa shape index (κ1) is 24.4. The zero-order valence-electron chi connectivity index (χ0n) is 17.1. The zero-order valence-corrected chi connectivity index (χ0v) is 18.6. The van der Waals surface area contributed by atoms with Gasteiger partial charge in [0.25, 0.3) is 0 Å². The molecule has 0 aliphatic carbocycles. The van der Waals surface area contributed by atoms with Crippen LogP contribution in [-0.2, 0) is 14.9 Å². The van der Waals surface area contributed by atoms with Crippen molar-refractivity contribution >= 4 is 33.7 Å². The smallest absolute Gasteiger partial charge is 0.379 e. The largest absolute Gasteiger partial charge is 0.401 e. The van der Waals surface area contributed by atoms with Crippen molar-refractivity contribution in [1.29, 1.82) is 0 Å². The lowest BCUT2D eigenvalue weighted by Gasteiger charge is -2.27. The second kappa shape index (κ2) is 8.77. The molecule has 1 atom stereocenters. The Morgan fingerprint density at radius 3 is 2.25 bits per heavy atom. The van der Waals surface area contributed by atoms with E-state index in [-0.39, 0.29) is 17.0 Å². The van der Waals surface area contributed by atoms with Gasteiger partial charge in [0, 0.05) is 19.7 Å². The third-order valence-electron chi connectivity index (χ3n) is 4.12. The van der Waals surface area contributed by atoms with E-state index in [1.807, 2.05) is 34.6 Å². The summed E-state index contributed by atoms with van der Waals surface area (Å²) < 4.78 is 46.8. The molecule has 10 heteroatoms. The molecule has 3 rings (SSSR count). The Hall–Kier alpha value is -1.68. The molecule has 0 bridgehead atoms. The second-order valence-electron chi connectivity index (χ2n) is 7.11. The van der Waals surface area contributed by atoms with Crippen LogP contribution in [0.4, 0.5) is 18.9 Å². The normalized spacial score (nSPS) is 18.8. The van der Waals surface area contributed by atoms with Crippen LogP contribution in [0.5, 0.6) is 0 Å². The lowest BCUT2D eigenvalue weighted by Crippen LogP contribution is -2.44. The van der Waals surface area contributed by atoms with Crippen LogP contribution in [0.25, 0.3) is 5.65 Å². The fourth-order valence-electron chi connectivity index (χ4n) is 2.44. The van der Waals surface area contributed by atoms with E-state index in [9.17, 15) is 18.0 Å². The Kier molecular flexibility index (Phi) is 7.63. The topological polar surface area (TPSA) is 59.7 Å². The lowest BCUT2D eigenvalue weighted by atomic mass is 9.88. The summed E-state index contributed by atoms with van der Waals surface area (Å²) in [5.74, 6) is 0. The molecule has 0 saturated heterocycles. The number of methoxy groups -OCH3 is 1. The molecular formula is C18H26BrF3N4O2. The summed E-state index contributed by atoms with van der Waals surface area (Å²) in [6, 6.07) is 1.51. The summed E-state index contributed by atoms with van der Waals surface area (Å²) in [5, 5.41) is 3.99. The van der Waals surface area contributed by atoms with E-state index in [1.165, 1.54) is 12.3 Å². The van der Waals surface area contributed by atoms with Crippen molar-refractivity contribution in [2.24, 2.45) is 0 Å². The summed E-state index contributed by atoms with van der Waals surface area (Å²) in [5.41, 5.74) is -1.80. The molecular weight excluding hydrogens is 441 g/mol. The van der Waals surface area contributed by atoms with E-state index in [0.717, 1.165) is 16.3 Å². The highest BCUT2D eigenvalue weighted by Gasteiger charge is 2.59. The van der Waals surface area contributed by atoms with Crippen LogP contribution in [-0.4, -0.2) is 46.4 Å². The molecule has 0 spiro atoms. The number of amides is 1. The van der Waals surface area contributed by atoms with Crippen LogP contribution in [0.15, 0.2) is 16.9 Å². The maximum Gasteiger partial charge on any atom is 0.401 e. The number of hydrogen-bond acceptors (Lipinski definition) is 4. The summed E-state index contributed by atoms with van der Waals surface area (Å²) in [7, 11) is 1.71. The number of halogens is 4. The molecule has 1 aliphatic heterocycles. The van der Waals surface area contributed by atoms with Crippen LogP contribution in [0.2, 0.25) is 0 Å². The van der Waals surface area contributed by atoms with Crippen molar-refractivity contribution in [3.8, 4) is 0 Å². The summed E-state index contributed by atoms with van der Waals surface area (Å²) >= 11 is 3.12. The van der Waals surface area contributed by atoms with Crippen molar-refractivity contribution in [1.82, 2.24) is 14.6 Å². The Balaban J connectivity index is 0.000000422. The van der Waals surface area contributed by atoms with Gasteiger partial charge in [-0.05, 0) is 43.6 Å². The van der Waals surface area contributed by atoms with Crippen molar-refractivity contribution in [2.45, 2.75) is 58.7 Å². The maximum atomic E-state index is 13.5. The minimum atomic E-state index is -4.51. The van der Waals surface area contributed by atoms with Gasteiger partial charge >= 0.3 is 6.18 Å². The van der Waals surface area contributed by atoms with E-state index < -0.39 is 18.1 Å². The fraction of sp³-hybridized carbons (Fsp3) is 0.611. The van der Waals surface area contributed by atoms with E-state index in [4.69, 9.17) is 4.74 Å². The molecule has 1 unspecified atom stereocenters. The lowest BCUT2D eigenvalue weighted by molar-refractivity contribution is -0.181. The number of ether oxygens (including phenoxy) is 1. The van der Waals surface area contributed by atoms with Gasteiger partial charge in [-0.25, -0.2) is 9.50 Å². The van der Waals surface area contributed by atoms with Crippen molar-refractivity contribution in [2.75, 3.05) is 18.6 Å². The Morgan fingerprint density at radius 1 is 1.29 bits per heavy atom. The van der Waals surface area contributed by atoms with E-state index in [0.29, 0.717) is 16.7 Å². The monoisotopic (exact) mass is 466 g/mol. The first-order chi connectivity index (χ1) is 12.8. The Morgan fingerprint density at radius 2 is 1.82 bits per heavy atom. The third-order valence-corrected chi connectivity index (χ3v) is 4.51. The quantitative estimate of drug-likeness (QED) is 0.569. The molecule has 158 valence electrons. The van der Waals surface area contributed by atoms with E-state index in [2.05, 4.69) is 26.0 Å². The van der Waals surface area contributed by atoms with Gasteiger partial charge in [0.1, 0.15) is 10.0 Å². The number of anilines is 1. The summed E-state index contributed by atoms with van der Waals surface area (Å²) in [6.07, 6.45) is -2.86. The maximum absolute atomic E-state index is 13.5. The molecule has 1 amide bonds. The number of carbonyl (C=O) groups is 1. The van der Waals surface area contributed by atoms with Crippen molar-refractivity contribution in [3.63, 3.8) is 0 Å². The number of rotatable bonds is 1. The number of carbonyl (C=O) groups excluding carboxylic acids is 1. The fourth-order valence-corrected chi connectivity index (χ4v) is 2.81. The molecule has 0 N–H and O–H groups in total. The number of hydrogen-bond donors (Lipinski definition) is 0. The summed E-state index contributed by atoms with van der Waals surface area (Å²) in [4.78, 5) is 16.0. The average Bonchev–Trinajstić information content (AvgIpc) is 3.13. The number of aromatic nitrogens is 3. The van der Waals surface area contributed by atoms with Crippen LogP contribution >= 0.6 is 15.9 Å². The predicted molar refractivity (Wildman–Crippen MR) is 106 cm³/mol. The minimum absolute atomic E-state index is 0.0417. The zero-order chi connectivity index (χ0) is 21.9. The number of fused-ring (bicyclic) bond motifs is 3. The van der Waals surface area contributed by atoms with Crippen molar-refractivity contribution in [3.05, 3.63) is 22.6 Å². The molecule has 2 aromatic heterocycles. The van der Waals surface area contributed by atoms with E-state index in [1.54, 1.807) is 7.11 Å². The van der Waals surface area contributed by atoms with Gasteiger partial charge in [-0.1, -0.05) is 13.8 Å². The average molecular weight is 467 g/mol. The molecule has 6 nitrogen and oxygen atoms in total. The van der Waals surface area contributed by atoms with Gasteiger partial charge in [0.2, 0.25) is 6.41 Å². The molecule has 0 radical (unpaired) electrons. The Bertz CT molecular complexity index is 817. The molecule has 0 fully saturated rings. The number of alkyl halides is 3. The van der Waals surface area contributed by atoms with Gasteiger partial charge in [-0.15, -0.1) is 0 Å². The van der Waals surface area contributed by atoms with Crippen LogP contribution < -0.4 is 4.90 Å². The molecule has 28 heavy (non-hydrogen) atoms. The highest BCUT2D eigenvalue weighted by molar-refractivity contribution is 9.10. The van der Waals surface area contributed by atoms with Gasteiger partial charge in [0.15, 0.2) is 5.65 Å². The first-order valence-electron chi connectivity index (χ1n) is 8.72. The summed E-state index contributed by atoms with van der Waals surface area (Å²) in [6.45, 7) is 10.6. The third kappa shape index (κ3) is 4.83. The first-order valence-corrected chi connectivity index (χ1v) is 9.52. The highest BCUT2D eigenvalue weighted by Crippen LogP contribution is 2.49. The highest BCUT2D eigenvalue weighted by atomic mass is 79.9.